The van der Waals surface area contributed by atoms with Gasteiger partial charge < -0.3 is 9.45 Å². The summed E-state index contributed by atoms with van der Waals surface area (Å²) in [6.45, 7) is 2.13. The van der Waals surface area contributed by atoms with Crippen molar-refractivity contribution in [3.63, 3.8) is 0 Å². The van der Waals surface area contributed by atoms with Gasteiger partial charge in [0.25, 0.3) is 0 Å². The minimum atomic E-state index is -1.51. The van der Waals surface area contributed by atoms with E-state index in [4.69, 9.17) is 5.26 Å². The zero-order valence-corrected chi connectivity index (χ0v) is 17.3. The van der Waals surface area contributed by atoms with Crippen LogP contribution in [0.4, 0.5) is 15.2 Å². The van der Waals surface area contributed by atoms with Gasteiger partial charge >= 0.3 is 5.91 Å². The van der Waals surface area contributed by atoms with E-state index in [1.807, 2.05) is 36.4 Å². The van der Waals surface area contributed by atoms with E-state index in [-0.39, 0.29) is 11.3 Å². The first-order chi connectivity index (χ1) is 13.9. The normalized spacial score (nSPS) is 11.6. The molecule has 148 valence electrons. The quantitative estimate of drug-likeness (QED) is 0.603. The number of nitriles is 1. The lowest BCUT2D eigenvalue weighted by Crippen LogP contribution is -2.30. The smallest absolute Gasteiger partial charge is 0.311 e. The second-order valence-electron chi connectivity index (χ2n) is 6.13. The Bertz CT molecular complexity index is 1060. The van der Waals surface area contributed by atoms with Crippen LogP contribution in [-0.4, -0.2) is 21.7 Å². The van der Waals surface area contributed by atoms with E-state index in [9.17, 15) is 13.7 Å². The number of rotatable bonds is 6. The second kappa shape index (κ2) is 9.05. The molecule has 1 heterocycles. The Kier molecular flexibility index (Phi) is 6.49. The molecule has 0 saturated heterocycles. The first kappa shape index (κ1) is 20.8. The number of carbonyl (C=O) groups excluding carboxylic acids is 1. The molecule has 0 aliphatic heterocycles. The van der Waals surface area contributed by atoms with Crippen molar-refractivity contribution in [2.75, 3.05) is 11.2 Å². The van der Waals surface area contributed by atoms with E-state index in [0.717, 1.165) is 5.56 Å². The zero-order valence-electron chi connectivity index (χ0n) is 15.7. The predicted molar refractivity (Wildman–Crippen MR) is 112 cm³/mol. The maximum atomic E-state index is 14.3. The highest BCUT2D eigenvalue weighted by atomic mass is 32.2. The number of hydrogen-bond donors (Lipinski definition) is 1. The van der Waals surface area contributed by atoms with E-state index >= 15 is 0 Å². The van der Waals surface area contributed by atoms with Crippen LogP contribution in [0.1, 0.15) is 26.5 Å². The van der Waals surface area contributed by atoms with Crippen LogP contribution in [0, 0.1) is 24.1 Å². The number of hydrogen-bond acceptors (Lipinski definition) is 6. The van der Waals surface area contributed by atoms with Crippen LogP contribution in [0.25, 0.3) is 0 Å². The molecule has 0 radical (unpaired) electrons. The molecule has 0 bridgehead atoms. The van der Waals surface area contributed by atoms with E-state index in [0.29, 0.717) is 22.2 Å². The number of thiazole rings is 1. The first-order valence-corrected chi connectivity index (χ1v) is 10.9. The molecule has 0 spiro atoms. The molecule has 0 saturated carbocycles. The van der Waals surface area contributed by atoms with Crippen LogP contribution in [0.5, 0.6) is 0 Å². The van der Waals surface area contributed by atoms with Crippen molar-refractivity contribution in [3.05, 3.63) is 76.0 Å². The van der Waals surface area contributed by atoms with Gasteiger partial charge in [0.15, 0.2) is 5.13 Å². The summed E-state index contributed by atoms with van der Waals surface area (Å²) >= 11 is -0.234. The van der Waals surface area contributed by atoms with Crippen LogP contribution in [0.3, 0.4) is 0 Å². The van der Waals surface area contributed by atoms with E-state index in [2.05, 4.69) is 9.71 Å². The van der Waals surface area contributed by atoms with Crippen LogP contribution in [0.2, 0.25) is 0 Å². The molecule has 3 aromatic rings. The van der Waals surface area contributed by atoms with Crippen molar-refractivity contribution in [1.29, 1.82) is 5.26 Å². The molecule has 1 aromatic heterocycles. The van der Waals surface area contributed by atoms with Crippen LogP contribution >= 0.6 is 11.3 Å². The third-order valence-corrected chi connectivity index (χ3v) is 5.50. The summed E-state index contributed by atoms with van der Waals surface area (Å²) in [5, 5.41) is 9.48. The van der Waals surface area contributed by atoms with Gasteiger partial charge in [-0.15, -0.1) is 11.3 Å². The second-order valence-corrected chi connectivity index (χ2v) is 8.43. The Morgan fingerprint density at radius 2 is 2.07 bits per heavy atom. The lowest BCUT2D eigenvalue weighted by Gasteiger charge is -2.22. The molecule has 6 nitrogen and oxygen atoms in total. The van der Waals surface area contributed by atoms with Crippen molar-refractivity contribution >= 4 is 39.4 Å². The van der Waals surface area contributed by atoms with E-state index < -0.39 is 23.1 Å². The number of nitrogens with one attached hydrogen (secondary N) is 1. The van der Waals surface area contributed by atoms with Crippen molar-refractivity contribution in [2.45, 2.75) is 13.5 Å². The summed E-state index contributed by atoms with van der Waals surface area (Å²) in [6, 6.07) is 15.7. The molecule has 0 aliphatic rings. The monoisotopic (exact) mass is 428 g/mol. The van der Waals surface area contributed by atoms with Crippen molar-refractivity contribution in [1.82, 2.24) is 9.71 Å². The number of nitrogens with zero attached hydrogens (tertiary/aromatic N) is 3. The average molecular weight is 429 g/mol. The lowest BCUT2D eigenvalue weighted by atomic mass is 10.1. The van der Waals surface area contributed by atoms with Gasteiger partial charge in [-0.05, 0) is 30.7 Å². The molecule has 3 rings (SSSR count). The van der Waals surface area contributed by atoms with Crippen molar-refractivity contribution in [3.8, 4) is 6.07 Å². The fourth-order valence-electron chi connectivity index (χ4n) is 2.69. The molecule has 2 aromatic carbocycles. The highest BCUT2D eigenvalue weighted by Gasteiger charge is 2.22. The van der Waals surface area contributed by atoms with Gasteiger partial charge in [0, 0.05) is 10.6 Å². The summed E-state index contributed by atoms with van der Waals surface area (Å²) in [4.78, 5) is 19.1. The number of aromatic nitrogens is 1. The van der Waals surface area contributed by atoms with Crippen molar-refractivity contribution in [2.24, 2.45) is 0 Å². The number of benzene rings is 2. The molecule has 0 aliphatic carbocycles. The summed E-state index contributed by atoms with van der Waals surface area (Å²) in [5.41, 5.74) is 1.59. The SMILES string of the molecule is Cc1sc(N(Cc2ccccc2)c2ccc(C#N)c(F)c2)nc1C(=O)N[S+](C)[O-]. The maximum absolute atomic E-state index is 14.3. The highest BCUT2D eigenvalue weighted by Crippen LogP contribution is 2.33. The number of amides is 1. The Hall–Kier alpha value is -2.93. The third-order valence-electron chi connectivity index (χ3n) is 4.04. The van der Waals surface area contributed by atoms with Gasteiger partial charge in [-0.25, -0.2) is 9.37 Å². The largest absolute Gasteiger partial charge is 0.593 e. The average Bonchev–Trinajstić information content (AvgIpc) is 3.08. The molecule has 1 atom stereocenters. The molecule has 1 N–H and O–H groups in total. The van der Waals surface area contributed by atoms with Gasteiger partial charge in [0.05, 0.1) is 23.5 Å². The van der Waals surface area contributed by atoms with E-state index in [1.54, 1.807) is 17.9 Å². The minimum Gasteiger partial charge on any atom is -0.593 e. The lowest BCUT2D eigenvalue weighted by molar-refractivity contribution is 0.0977. The molecular formula is C20H17FN4O2S2. The maximum Gasteiger partial charge on any atom is 0.311 e. The van der Waals surface area contributed by atoms with Gasteiger partial charge in [0.2, 0.25) is 0 Å². The summed E-state index contributed by atoms with van der Waals surface area (Å²) < 4.78 is 27.9. The fraction of sp³-hybridized carbons (Fsp3) is 0.150. The third kappa shape index (κ3) is 4.92. The van der Waals surface area contributed by atoms with Crippen LogP contribution < -0.4 is 9.62 Å². The molecular weight excluding hydrogens is 411 g/mol. The standard InChI is InChI=1S/C20H17FN4O2S2/c1-13-18(19(26)24-29(2)27)23-20(28-13)25(12-14-6-4-3-5-7-14)16-9-8-15(11-22)17(21)10-16/h3-10H,12H2,1-2H3,(H,24,26). The summed E-state index contributed by atoms with van der Waals surface area (Å²) in [6.07, 6.45) is 1.36. The van der Waals surface area contributed by atoms with Gasteiger partial charge in [-0.1, -0.05) is 30.3 Å². The Morgan fingerprint density at radius 3 is 2.69 bits per heavy atom. The topological polar surface area (TPSA) is 92.1 Å². The number of anilines is 2. The molecule has 0 fully saturated rings. The highest BCUT2D eigenvalue weighted by molar-refractivity contribution is 7.89. The Labute approximate surface area is 174 Å². The van der Waals surface area contributed by atoms with Crippen LogP contribution in [0.15, 0.2) is 48.5 Å². The summed E-state index contributed by atoms with van der Waals surface area (Å²) in [5.74, 6) is -1.16. The number of halogens is 1. The summed E-state index contributed by atoms with van der Waals surface area (Å²) in [7, 11) is 0. The molecule has 29 heavy (non-hydrogen) atoms. The van der Waals surface area contributed by atoms with E-state index in [1.165, 1.54) is 29.7 Å². The predicted octanol–water partition coefficient (Wildman–Crippen LogP) is 3.82. The number of aryl methyl sites for hydroxylation is 1. The molecule has 9 heteroatoms. The van der Waals surface area contributed by atoms with Gasteiger partial charge in [-0.3, -0.25) is 4.79 Å². The number of carbonyl (C=O) groups is 1. The Morgan fingerprint density at radius 1 is 1.34 bits per heavy atom. The van der Waals surface area contributed by atoms with Crippen LogP contribution in [-0.2, 0) is 17.9 Å². The fourth-order valence-corrected chi connectivity index (χ4v) is 3.97. The Balaban J connectivity index is 2.03. The molecule has 1 amide bonds. The first-order valence-electron chi connectivity index (χ1n) is 8.52. The zero-order chi connectivity index (χ0) is 21.0. The van der Waals surface area contributed by atoms with Gasteiger partial charge in [0.1, 0.15) is 23.8 Å². The van der Waals surface area contributed by atoms with Crippen molar-refractivity contribution < 1.29 is 13.7 Å². The minimum absolute atomic E-state index is 0.0470. The van der Waals surface area contributed by atoms with Gasteiger partial charge in [-0.2, -0.15) is 9.98 Å². The molecule has 1 unspecified atom stereocenters.